The van der Waals surface area contributed by atoms with E-state index in [0.29, 0.717) is 12.5 Å². The Kier molecular flexibility index (Phi) is 2.97. The first-order valence-electron chi connectivity index (χ1n) is 6.82. The van der Waals surface area contributed by atoms with Crippen molar-refractivity contribution in [2.75, 3.05) is 5.73 Å². The fraction of sp³-hybridized carbons (Fsp3) is 0.333. The van der Waals surface area contributed by atoms with E-state index in [1.807, 2.05) is 16.3 Å². The van der Waals surface area contributed by atoms with Gasteiger partial charge in [-0.05, 0) is 31.0 Å². The summed E-state index contributed by atoms with van der Waals surface area (Å²) in [5.41, 5.74) is 11.6. The first-order valence-corrected chi connectivity index (χ1v) is 6.82. The van der Waals surface area contributed by atoms with E-state index < -0.39 is 0 Å². The van der Waals surface area contributed by atoms with Gasteiger partial charge in [0.25, 0.3) is 0 Å². The van der Waals surface area contributed by atoms with Crippen molar-refractivity contribution in [2.24, 2.45) is 7.05 Å². The van der Waals surface area contributed by atoms with Crippen molar-refractivity contribution < 1.29 is 0 Å². The molecule has 1 aromatic carbocycles. The van der Waals surface area contributed by atoms with Crippen LogP contribution in [0.25, 0.3) is 11.0 Å². The van der Waals surface area contributed by atoms with Crippen LogP contribution < -0.4 is 5.73 Å². The standard InChI is InChI=1S/C15H19N5/c1-4-12-11(8-19(3)18-12)9-20-14-6-5-10(2)7-13(14)17-15(20)16/h5-8H,4,9H2,1-3H3,(H2,16,17). The van der Waals surface area contributed by atoms with E-state index in [-0.39, 0.29) is 0 Å². The lowest BCUT2D eigenvalue weighted by Gasteiger charge is -2.06. The molecule has 3 rings (SSSR count). The van der Waals surface area contributed by atoms with Gasteiger partial charge in [0.15, 0.2) is 0 Å². The average Bonchev–Trinajstić information content (AvgIpc) is 2.90. The fourth-order valence-electron chi connectivity index (χ4n) is 2.61. The van der Waals surface area contributed by atoms with Crippen LogP contribution in [0.15, 0.2) is 24.4 Å². The molecule has 0 bridgehead atoms. The third-order valence-electron chi connectivity index (χ3n) is 3.59. The van der Waals surface area contributed by atoms with Gasteiger partial charge < -0.3 is 10.3 Å². The van der Waals surface area contributed by atoms with Gasteiger partial charge in [-0.15, -0.1) is 0 Å². The third kappa shape index (κ3) is 2.05. The zero-order valence-corrected chi connectivity index (χ0v) is 12.1. The summed E-state index contributed by atoms with van der Waals surface area (Å²) in [6, 6.07) is 6.23. The van der Waals surface area contributed by atoms with Crippen LogP contribution in [0.1, 0.15) is 23.7 Å². The maximum atomic E-state index is 6.07. The van der Waals surface area contributed by atoms with Crippen LogP contribution in [0, 0.1) is 6.92 Å². The normalized spacial score (nSPS) is 11.3. The van der Waals surface area contributed by atoms with Gasteiger partial charge in [0.2, 0.25) is 5.95 Å². The number of hydrogen-bond acceptors (Lipinski definition) is 3. The van der Waals surface area contributed by atoms with Gasteiger partial charge in [-0.3, -0.25) is 4.68 Å². The van der Waals surface area contributed by atoms with Crippen LogP contribution in [0.3, 0.4) is 0 Å². The SMILES string of the molecule is CCc1nn(C)cc1Cn1c(N)nc2cc(C)ccc21. The number of imidazole rings is 1. The molecular weight excluding hydrogens is 250 g/mol. The van der Waals surface area contributed by atoms with Crippen molar-refractivity contribution in [3.63, 3.8) is 0 Å². The molecule has 104 valence electrons. The second-order valence-electron chi connectivity index (χ2n) is 5.18. The average molecular weight is 269 g/mol. The zero-order chi connectivity index (χ0) is 14.3. The van der Waals surface area contributed by atoms with Crippen molar-refractivity contribution in [1.29, 1.82) is 0 Å². The lowest BCUT2D eigenvalue weighted by atomic mass is 10.2. The number of nitrogen functional groups attached to an aromatic ring is 1. The second kappa shape index (κ2) is 4.67. The van der Waals surface area contributed by atoms with Crippen molar-refractivity contribution in [3.05, 3.63) is 41.2 Å². The molecule has 0 amide bonds. The van der Waals surface area contributed by atoms with Gasteiger partial charge in [-0.1, -0.05) is 13.0 Å². The molecule has 2 N–H and O–H groups in total. The Balaban J connectivity index is 2.08. The minimum atomic E-state index is 0.552. The first-order chi connectivity index (χ1) is 9.58. The molecule has 2 aromatic heterocycles. The number of aryl methyl sites for hydroxylation is 3. The number of aromatic nitrogens is 4. The molecule has 0 saturated carbocycles. The molecule has 0 fully saturated rings. The maximum absolute atomic E-state index is 6.07. The van der Waals surface area contributed by atoms with E-state index in [9.17, 15) is 0 Å². The van der Waals surface area contributed by atoms with Crippen molar-refractivity contribution in [1.82, 2.24) is 19.3 Å². The molecule has 20 heavy (non-hydrogen) atoms. The summed E-state index contributed by atoms with van der Waals surface area (Å²) in [6.07, 6.45) is 2.97. The van der Waals surface area contributed by atoms with E-state index in [0.717, 1.165) is 23.1 Å². The summed E-state index contributed by atoms with van der Waals surface area (Å²) in [7, 11) is 1.95. The molecule has 0 saturated heterocycles. The van der Waals surface area contributed by atoms with Crippen LogP contribution in [0.5, 0.6) is 0 Å². The summed E-state index contributed by atoms with van der Waals surface area (Å²) in [5, 5.41) is 4.48. The molecule has 5 heteroatoms. The predicted octanol–water partition coefficient (Wildman–Crippen LogP) is 2.27. The van der Waals surface area contributed by atoms with Crippen molar-refractivity contribution in [3.8, 4) is 0 Å². The first kappa shape index (κ1) is 12.7. The van der Waals surface area contributed by atoms with Gasteiger partial charge in [0.1, 0.15) is 0 Å². The summed E-state index contributed by atoms with van der Waals surface area (Å²) in [4.78, 5) is 4.45. The van der Waals surface area contributed by atoms with Crippen molar-refractivity contribution >= 4 is 17.0 Å². The molecule has 0 radical (unpaired) electrons. The van der Waals surface area contributed by atoms with Crippen LogP contribution in [0.4, 0.5) is 5.95 Å². The molecule has 0 aliphatic carbocycles. The maximum Gasteiger partial charge on any atom is 0.201 e. The lowest BCUT2D eigenvalue weighted by molar-refractivity contribution is 0.746. The Morgan fingerprint density at radius 3 is 2.85 bits per heavy atom. The number of rotatable bonds is 3. The van der Waals surface area contributed by atoms with E-state index in [1.54, 1.807) is 0 Å². The lowest BCUT2D eigenvalue weighted by Crippen LogP contribution is -2.05. The number of fused-ring (bicyclic) bond motifs is 1. The van der Waals surface area contributed by atoms with Gasteiger partial charge >= 0.3 is 0 Å². The highest BCUT2D eigenvalue weighted by Crippen LogP contribution is 2.21. The highest BCUT2D eigenvalue weighted by atomic mass is 15.3. The smallest absolute Gasteiger partial charge is 0.201 e. The van der Waals surface area contributed by atoms with Gasteiger partial charge in [-0.2, -0.15) is 5.10 Å². The summed E-state index contributed by atoms with van der Waals surface area (Å²) < 4.78 is 3.90. The van der Waals surface area contributed by atoms with Crippen LogP contribution >= 0.6 is 0 Å². The van der Waals surface area contributed by atoms with E-state index >= 15 is 0 Å². The quantitative estimate of drug-likeness (QED) is 0.793. The predicted molar refractivity (Wildman–Crippen MR) is 80.6 cm³/mol. The largest absolute Gasteiger partial charge is 0.369 e. The molecule has 5 nitrogen and oxygen atoms in total. The topological polar surface area (TPSA) is 61.7 Å². The molecule has 3 aromatic rings. The Bertz CT molecular complexity index is 766. The van der Waals surface area contributed by atoms with Gasteiger partial charge in [-0.25, -0.2) is 4.98 Å². The number of nitrogens with zero attached hydrogens (tertiary/aromatic N) is 4. The summed E-state index contributed by atoms with van der Waals surface area (Å²) in [5.74, 6) is 0.552. The van der Waals surface area contributed by atoms with Crippen molar-refractivity contribution in [2.45, 2.75) is 26.8 Å². The van der Waals surface area contributed by atoms with Crippen LogP contribution in [-0.2, 0) is 20.0 Å². The molecule has 0 aliphatic heterocycles. The molecular formula is C15H19N5. The molecule has 0 atom stereocenters. The number of benzene rings is 1. The Labute approximate surface area is 118 Å². The van der Waals surface area contributed by atoms with Gasteiger partial charge in [0, 0.05) is 18.8 Å². The summed E-state index contributed by atoms with van der Waals surface area (Å²) in [6.45, 7) is 4.89. The van der Waals surface area contributed by atoms with E-state index in [4.69, 9.17) is 5.73 Å². The molecule has 0 unspecified atom stereocenters. The summed E-state index contributed by atoms with van der Waals surface area (Å²) >= 11 is 0. The fourth-order valence-corrected chi connectivity index (χ4v) is 2.61. The number of hydrogen-bond donors (Lipinski definition) is 1. The highest BCUT2D eigenvalue weighted by Gasteiger charge is 2.12. The van der Waals surface area contributed by atoms with E-state index in [1.165, 1.54) is 11.1 Å². The second-order valence-corrected chi connectivity index (χ2v) is 5.18. The van der Waals surface area contributed by atoms with E-state index in [2.05, 4.69) is 48.3 Å². The molecule has 0 spiro atoms. The monoisotopic (exact) mass is 269 g/mol. The Morgan fingerprint density at radius 1 is 1.30 bits per heavy atom. The zero-order valence-electron chi connectivity index (χ0n) is 12.1. The van der Waals surface area contributed by atoms with Gasteiger partial charge in [0.05, 0.1) is 23.3 Å². The number of anilines is 1. The minimum Gasteiger partial charge on any atom is -0.369 e. The van der Waals surface area contributed by atoms with Crippen LogP contribution in [-0.4, -0.2) is 19.3 Å². The molecule has 2 heterocycles. The Morgan fingerprint density at radius 2 is 2.10 bits per heavy atom. The number of nitrogens with two attached hydrogens (primary N) is 1. The third-order valence-corrected chi connectivity index (χ3v) is 3.59. The minimum absolute atomic E-state index is 0.552. The van der Waals surface area contributed by atoms with Crippen LogP contribution in [0.2, 0.25) is 0 Å². The Hall–Kier alpha value is -2.30. The molecule has 0 aliphatic rings. The highest BCUT2D eigenvalue weighted by molar-refractivity contribution is 5.79.